The van der Waals surface area contributed by atoms with Gasteiger partial charge in [0.05, 0.1) is 15.7 Å². The SMILES string of the molecule is O=C(CS(=O)c1ccc([N+](=O)[O-])cc1)NCCC1=CCCCC1. The zero-order valence-electron chi connectivity index (χ0n) is 12.8. The molecule has 0 heterocycles. The van der Waals surface area contributed by atoms with E-state index in [0.29, 0.717) is 11.4 Å². The lowest BCUT2D eigenvalue weighted by atomic mass is 9.97. The number of hydrogen-bond donors (Lipinski definition) is 1. The van der Waals surface area contributed by atoms with E-state index in [1.165, 1.54) is 42.7 Å². The summed E-state index contributed by atoms with van der Waals surface area (Å²) >= 11 is 0. The molecular formula is C16H20N2O4S. The maximum atomic E-state index is 12.1. The topological polar surface area (TPSA) is 89.3 Å². The van der Waals surface area contributed by atoms with Gasteiger partial charge in [0.15, 0.2) is 0 Å². The summed E-state index contributed by atoms with van der Waals surface area (Å²) in [4.78, 5) is 22.3. The van der Waals surface area contributed by atoms with Gasteiger partial charge in [-0.1, -0.05) is 11.6 Å². The number of carbonyl (C=O) groups excluding carboxylic acids is 1. The average molecular weight is 336 g/mol. The Kier molecular flexibility index (Phi) is 6.46. The molecule has 1 aromatic carbocycles. The quantitative estimate of drug-likeness (QED) is 0.471. The van der Waals surface area contributed by atoms with E-state index in [2.05, 4.69) is 11.4 Å². The predicted octanol–water partition coefficient (Wildman–Crippen LogP) is 2.71. The Bertz CT molecular complexity index is 625. The molecule has 2 rings (SSSR count). The number of benzene rings is 1. The molecule has 23 heavy (non-hydrogen) atoms. The van der Waals surface area contributed by atoms with Crippen molar-refractivity contribution in [3.8, 4) is 0 Å². The smallest absolute Gasteiger partial charge is 0.269 e. The van der Waals surface area contributed by atoms with E-state index in [4.69, 9.17) is 0 Å². The fourth-order valence-corrected chi connectivity index (χ4v) is 3.41. The number of non-ortho nitro benzene ring substituents is 1. The Morgan fingerprint density at radius 3 is 2.61 bits per heavy atom. The summed E-state index contributed by atoms with van der Waals surface area (Å²) in [5, 5.41) is 13.3. The molecule has 1 N–H and O–H groups in total. The Morgan fingerprint density at radius 2 is 2.00 bits per heavy atom. The molecule has 0 spiro atoms. The summed E-state index contributed by atoms with van der Waals surface area (Å²) < 4.78 is 12.1. The molecule has 0 aliphatic heterocycles. The lowest BCUT2D eigenvalue weighted by Crippen LogP contribution is -2.29. The summed E-state index contributed by atoms with van der Waals surface area (Å²) in [5.74, 6) is -0.394. The molecule has 1 aliphatic rings. The van der Waals surface area contributed by atoms with Gasteiger partial charge >= 0.3 is 0 Å². The van der Waals surface area contributed by atoms with Gasteiger partial charge in [-0.15, -0.1) is 0 Å². The number of carbonyl (C=O) groups is 1. The van der Waals surface area contributed by atoms with Gasteiger partial charge in [-0.05, 0) is 44.2 Å². The maximum Gasteiger partial charge on any atom is 0.269 e. The van der Waals surface area contributed by atoms with Crippen LogP contribution in [-0.2, 0) is 15.6 Å². The van der Waals surface area contributed by atoms with Gasteiger partial charge in [-0.25, -0.2) is 0 Å². The molecule has 6 nitrogen and oxygen atoms in total. The summed E-state index contributed by atoms with van der Waals surface area (Å²) in [6.07, 6.45) is 7.76. The molecule has 1 unspecified atom stereocenters. The van der Waals surface area contributed by atoms with Crippen LogP contribution in [-0.4, -0.2) is 27.3 Å². The van der Waals surface area contributed by atoms with Crippen molar-refractivity contribution < 1.29 is 13.9 Å². The Hall–Kier alpha value is -2.02. The van der Waals surface area contributed by atoms with Crippen LogP contribution in [0.3, 0.4) is 0 Å². The van der Waals surface area contributed by atoms with Gasteiger partial charge in [-0.3, -0.25) is 19.1 Å². The lowest BCUT2D eigenvalue weighted by Gasteiger charge is -2.12. The number of nitrogens with zero attached hydrogens (tertiary/aromatic N) is 1. The minimum atomic E-state index is -1.49. The van der Waals surface area contributed by atoms with Crippen LogP contribution >= 0.6 is 0 Å². The Labute approximate surface area is 137 Å². The van der Waals surface area contributed by atoms with Gasteiger partial charge in [-0.2, -0.15) is 0 Å². The highest BCUT2D eigenvalue weighted by atomic mass is 32.2. The number of nitro benzene ring substituents is 1. The second-order valence-corrected chi connectivity index (χ2v) is 6.90. The van der Waals surface area contributed by atoms with Gasteiger partial charge in [0, 0.05) is 23.6 Å². The highest BCUT2D eigenvalue weighted by molar-refractivity contribution is 7.85. The first-order chi connectivity index (χ1) is 11.1. The third kappa shape index (κ3) is 5.59. The predicted molar refractivity (Wildman–Crippen MR) is 88.5 cm³/mol. The van der Waals surface area contributed by atoms with Crippen LogP contribution in [0.1, 0.15) is 32.1 Å². The van der Waals surface area contributed by atoms with Gasteiger partial charge in [0.1, 0.15) is 5.75 Å². The van der Waals surface area contributed by atoms with E-state index in [1.807, 2.05) is 0 Å². The zero-order chi connectivity index (χ0) is 16.7. The van der Waals surface area contributed by atoms with Crippen LogP contribution < -0.4 is 5.32 Å². The fourth-order valence-electron chi connectivity index (χ4n) is 2.47. The second-order valence-electron chi connectivity index (χ2n) is 5.45. The molecule has 1 atom stereocenters. The standard InChI is InChI=1S/C16H20N2O4S/c19-16(17-11-10-13-4-2-1-3-5-13)12-23(22)15-8-6-14(7-9-15)18(20)21/h4,6-9H,1-3,5,10-12H2,(H,17,19). The molecule has 0 saturated heterocycles. The first-order valence-corrected chi connectivity index (χ1v) is 8.95. The fraction of sp³-hybridized carbons (Fsp3) is 0.438. The average Bonchev–Trinajstić information content (AvgIpc) is 2.56. The van der Waals surface area contributed by atoms with Crippen LogP contribution in [0.4, 0.5) is 5.69 Å². The lowest BCUT2D eigenvalue weighted by molar-refractivity contribution is -0.384. The number of nitro groups is 1. The van der Waals surface area contributed by atoms with E-state index in [0.717, 1.165) is 19.3 Å². The van der Waals surface area contributed by atoms with Gasteiger partial charge in [0.25, 0.3) is 5.69 Å². The molecular weight excluding hydrogens is 316 g/mol. The van der Waals surface area contributed by atoms with Crippen molar-refractivity contribution in [3.05, 3.63) is 46.0 Å². The molecule has 0 fully saturated rings. The van der Waals surface area contributed by atoms with E-state index >= 15 is 0 Å². The van der Waals surface area contributed by atoms with Crippen LogP contribution in [0.2, 0.25) is 0 Å². The van der Waals surface area contributed by atoms with Crippen molar-refractivity contribution in [3.63, 3.8) is 0 Å². The van der Waals surface area contributed by atoms with Crippen LogP contribution in [0, 0.1) is 10.1 Å². The van der Waals surface area contributed by atoms with Gasteiger partial charge in [0.2, 0.25) is 5.91 Å². The first-order valence-electron chi connectivity index (χ1n) is 7.63. The largest absolute Gasteiger partial charge is 0.355 e. The van der Waals surface area contributed by atoms with Crippen molar-refractivity contribution >= 4 is 22.4 Å². The maximum absolute atomic E-state index is 12.1. The second kappa shape index (κ2) is 8.57. The molecule has 0 saturated carbocycles. The van der Waals surface area contributed by atoms with Crippen molar-refractivity contribution in [2.45, 2.75) is 37.0 Å². The summed E-state index contributed by atoms with van der Waals surface area (Å²) in [6.45, 7) is 0.558. The molecule has 1 aliphatic carbocycles. The number of nitrogens with one attached hydrogen (secondary N) is 1. The molecule has 124 valence electrons. The number of hydrogen-bond acceptors (Lipinski definition) is 4. The van der Waals surface area contributed by atoms with Crippen molar-refractivity contribution in [1.29, 1.82) is 0 Å². The molecule has 0 bridgehead atoms. The monoisotopic (exact) mass is 336 g/mol. The van der Waals surface area contributed by atoms with E-state index < -0.39 is 15.7 Å². The molecule has 0 radical (unpaired) electrons. The van der Waals surface area contributed by atoms with E-state index in [1.54, 1.807) is 0 Å². The highest BCUT2D eigenvalue weighted by Crippen LogP contribution is 2.19. The number of allylic oxidation sites excluding steroid dienone is 1. The zero-order valence-corrected chi connectivity index (χ0v) is 13.6. The summed E-state index contributed by atoms with van der Waals surface area (Å²) in [7, 11) is -1.49. The molecule has 1 amide bonds. The third-order valence-corrected chi connectivity index (χ3v) is 5.05. The minimum Gasteiger partial charge on any atom is -0.355 e. The van der Waals surface area contributed by atoms with Crippen molar-refractivity contribution in [2.24, 2.45) is 0 Å². The number of rotatable bonds is 7. The summed E-state index contributed by atoms with van der Waals surface area (Å²) in [5.41, 5.74) is 1.32. The van der Waals surface area contributed by atoms with Crippen molar-refractivity contribution in [2.75, 3.05) is 12.3 Å². The molecule has 1 aromatic rings. The molecule has 0 aromatic heterocycles. The van der Waals surface area contributed by atoms with Crippen LogP contribution in [0.15, 0.2) is 40.8 Å². The summed E-state index contributed by atoms with van der Waals surface area (Å²) in [6, 6.07) is 5.43. The minimum absolute atomic E-state index is 0.0593. The Balaban J connectivity index is 1.76. The Morgan fingerprint density at radius 1 is 1.26 bits per heavy atom. The van der Waals surface area contributed by atoms with E-state index in [9.17, 15) is 19.1 Å². The van der Waals surface area contributed by atoms with E-state index in [-0.39, 0.29) is 17.3 Å². The van der Waals surface area contributed by atoms with Crippen molar-refractivity contribution in [1.82, 2.24) is 5.32 Å². The van der Waals surface area contributed by atoms with Crippen LogP contribution in [0.25, 0.3) is 0 Å². The van der Waals surface area contributed by atoms with Gasteiger partial charge < -0.3 is 5.32 Å². The normalized spacial score (nSPS) is 15.6. The van der Waals surface area contributed by atoms with Crippen LogP contribution in [0.5, 0.6) is 0 Å². The third-order valence-electron chi connectivity index (χ3n) is 3.73. The highest BCUT2D eigenvalue weighted by Gasteiger charge is 2.12. The first kappa shape index (κ1) is 17.3. The molecule has 7 heteroatoms. The number of amides is 1.